The fourth-order valence-corrected chi connectivity index (χ4v) is 2.18. The average molecular weight is 258 g/mol. The van der Waals surface area contributed by atoms with Crippen molar-refractivity contribution in [3.63, 3.8) is 0 Å². The van der Waals surface area contributed by atoms with Crippen LogP contribution in [0.1, 0.15) is 39.0 Å². The number of aryl methyl sites for hydroxylation is 2. The Balaban J connectivity index is 2.62. The lowest BCUT2D eigenvalue weighted by atomic mass is 9.91. The maximum atomic E-state index is 10.5. The zero-order chi connectivity index (χ0) is 14.2. The monoisotopic (exact) mass is 258 g/mol. The summed E-state index contributed by atoms with van der Waals surface area (Å²) in [6, 6.07) is 8.17. The third-order valence-electron chi connectivity index (χ3n) is 3.26. The van der Waals surface area contributed by atoms with Crippen molar-refractivity contribution in [3.8, 4) is 17.0 Å². The highest BCUT2D eigenvalue weighted by Gasteiger charge is 2.26. The van der Waals surface area contributed by atoms with Crippen molar-refractivity contribution in [1.29, 1.82) is 0 Å². The first-order valence-corrected chi connectivity index (χ1v) is 6.72. The zero-order valence-electron chi connectivity index (χ0n) is 12.4. The van der Waals surface area contributed by atoms with Gasteiger partial charge in [0, 0.05) is 17.5 Å². The molecule has 0 unspecified atom stereocenters. The molecule has 102 valence electrons. The van der Waals surface area contributed by atoms with E-state index in [2.05, 4.69) is 44.9 Å². The molecule has 1 N–H and O–H groups in total. The van der Waals surface area contributed by atoms with Crippen molar-refractivity contribution in [1.82, 2.24) is 9.78 Å². The van der Waals surface area contributed by atoms with Crippen LogP contribution in [0.5, 0.6) is 5.75 Å². The largest absolute Gasteiger partial charge is 0.504 e. The van der Waals surface area contributed by atoms with Crippen molar-refractivity contribution in [2.45, 2.75) is 46.6 Å². The van der Waals surface area contributed by atoms with E-state index in [4.69, 9.17) is 0 Å². The van der Waals surface area contributed by atoms with Crippen LogP contribution in [-0.4, -0.2) is 14.9 Å². The van der Waals surface area contributed by atoms with Crippen molar-refractivity contribution in [2.24, 2.45) is 0 Å². The molecule has 3 heteroatoms. The summed E-state index contributed by atoms with van der Waals surface area (Å²) in [5, 5.41) is 15.1. The third kappa shape index (κ3) is 2.50. The molecule has 0 aliphatic carbocycles. The van der Waals surface area contributed by atoms with E-state index in [0.717, 1.165) is 23.5 Å². The van der Waals surface area contributed by atoms with Crippen LogP contribution in [-0.2, 0) is 12.0 Å². The highest BCUT2D eigenvalue weighted by molar-refractivity contribution is 5.68. The number of aromatic hydroxyl groups is 1. The van der Waals surface area contributed by atoms with Crippen molar-refractivity contribution in [2.75, 3.05) is 0 Å². The first-order chi connectivity index (χ1) is 8.84. The molecule has 0 aliphatic rings. The Bertz CT molecular complexity index is 574. The molecule has 3 nitrogen and oxygen atoms in total. The lowest BCUT2D eigenvalue weighted by molar-refractivity contribution is 0.445. The highest BCUT2D eigenvalue weighted by atomic mass is 16.3. The van der Waals surface area contributed by atoms with Crippen LogP contribution < -0.4 is 0 Å². The topological polar surface area (TPSA) is 38.0 Å². The molecule has 1 heterocycles. The minimum absolute atomic E-state index is 0.163. The Hall–Kier alpha value is -1.77. The van der Waals surface area contributed by atoms with Crippen LogP contribution in [0, 0.1) is 6.92 Å². The summed E-state index contributed by atoms with van der Waals surface area (Å²) < 4.78 is 1.88. The normalized spacial score (nSPS) is 11.8. The molecule has 0 saturated heterocycles. The van der Waals surface area contributed by atoms with E-state index in [-0.39, 0.29) is 5.41 Å². The summed E-state index contributed by atoms with van der Waals surface area (Å²) in [4.78, 5) is 0. The van der Waals surface area contributed by atoms with Crippen LogP contribution in [0.2, 0.25) is 0 Å². The van der Waals surface area contributed by atoms with Gasteiger partial charge in [0.1, 0.15) is 11.4 Å². The zero-order valence-corrected chi connectivity index (χ0v) is 12.4. The van der Waals surface area contributed by atoms with Crippen LogP contribution in [0.25, 0.3) is 11.3 Å². The molecular weight excluding hydrogens is 236 g/mol. The molecule has 1 aromatic heterocycles. The second-order valence-electron chi connectivity index (χ2n) is 5.98. The summed E-state index contributed by atoms with van der Waals surface area (Å²) >= 11 is 0. The smallest absolute Gasteiger partial charge is 0.165 e. The van der Waals surface area contributed by atoms with Gasteiger partial charge in [-0.2, -0.15) is 5.10 Å². The van der Waals surface area contributed by atoms with Crippen LogP contribution in [0.15, 0.2) is 24.3 Å². The summed E-state index contributed by atoms with van der Waals surface area (Å²) in [5.74, 6) is 0.304. The molecular formula is C16H22N2O. The SMILES string of the molecule is CCn1nc(C(C)(C)C)c(O)c1-c1ccc(C)cc1. The number of aromatic nitrogens is 2. The molecule has 0 spiro atoms. The molecule has 1 aromatic carbocycles. The summed E-state index contributed by atoms with van der Waals surface area (Å²) in [6.45, 7) is 11.0. The Kier molecular flexibility index (Phi) is 3.40. The minimum Gasteiger partial charge on any atom is -0.504 e. The van der Waals surface area contributed by atoms with Gasteiger partial charge in [-0.3, -0.25) is 4.68 Å². The third-order valence-corrected chi connectivity index (χ3v) is 3.26. The molecule has 0 amide bonds. The first kappa shape index (κ1) is 13.7. The van der Waals surface area contributed by atoms with Crippen LogP contribution >= 0.6 is 0 Å². The summed E-state index contributed by atoms with van der Waals surface area (Å²) in [5.41, 5.74) is 3.62. The predicted molar refractivity (Wildman–Crippen MR) is 78.4 cm³/mol. The first-order valence-electron chi connectivity index (χ1n) is 6.72. The van der Waals surface area contributed by atoms with Gasteiger partial charge in [-0.25, -0.2) is 0 Å². The van der Waals surface area contributed by atoms with Crippen LogP contribution in [0.4, 0.5) is 0 Å². The van der Waals surface area contributed by atoms with Gasteiger partial charge >= 0.3 is 0 Å². The van der Waals surface area contributed by atoms with Gasteiger partial charge in [0.2, 0.25) is 0 Å². The number of nitrogens with zero attached hydrogens (tertiary/aromatic N) is 2. The molecule has 0 fully saturated rings. The predicted octanol–water partition coefficient (Wildman–Crippen LogP) is 3.88. The van der Waals surface area contributed by atoms with Gasteiger partial charge in [-0.1, -0.05) is 50.6 Å². The minimum atomic E-state index is -0.163. The van der Waals surface area contributed by atoms with Gasteiger partial charge in [0.15, 0.2) is 5.75 Å². The van der Waals surface area contributed by atoms with Gasteiger partial charge < -0.3 is 5.11 Å². The number of rotatable bonds is 2. The fraction of sp³-hybridized carbons (Fsp3) is 0.438. The number of hydrogen-bond acceptors (Lipinski definition) is 2. The molecule has 2 rings (SSSR count). The molecule has 0 aliphatic heterocycles. The Morgan fingerprint density at radius 1 is 1.16 bits per heavy atom. The average Bonchev–Trinajstić information content (AvgIpc) is 2.67. The van der Waals surface area contributed by atoms with E-state index in [1.54, 1.807) is 0 Å². The quantitative estimate of drug-likeness (QED) is 0.887. The lowest BCUT2D eigenvalue weighted by Crippen LogP contribution is -2.13. The van der Waals surface area contributed by atoms with Crippen LogP contribution in [0.3, 0.4) is 0 Å². The Morgan fingerprint density at radius 3 is 2.21 bits per heavy atom. The fourth-order valence-electron chi connectivity index (χ4n) is 2.18. The number of hydrogen-bond donors (Lipinski definition) is 1. The van der Waals surface area contributed by atoms with Crippen molar-refractivity contribution >= 4 is 0 Å². The van der Waals surface area contributed by atoms with E-state index < -0.39 is 0 Å². The molecule has 19 heavy (non-hydrogen) atoms. The molecule has 0 bridgehead atoms. The van der Waals surface area contributed by atoms with E-state index in [1.807, 2.05) is 23.7 Å². The van der Waals surface area contributed by atoms with E-state index in [9.17, 15) is 5.11 Å². The van der Waals surface area contributed by atoms with Crippen molar-refractivity contribution < 1.29 is 5.11 Å². The van der Waals surface area contributed by atoms with Gasteiger partial charge in [0.25, 0.3) is 0 Å². The lowest BCUT2D eigenvalue weighted by Gasteiger charge is -2.15. The second kappa shape index (κ2) is 4.72. The van der Waals surface area contributed by atoms with Crippen molar-refractivity contribution in [3.05, 3.63) is 35.5 Å². The molecule has 0 radical (unpaired) electrons. The summed E-state index contributed by atoms with van der Waals surface area (Å²) in [6.07, 6.45) is 0. The Labute approximate surface area is 114 Å². The van der Waals surface area contributed by atoms with Gasteiger partial charge in [0.05, 0.1) is 0 Å². The van der Waals surface area contributed by atoms with E-state index in [1.165, 1.54) is 5.56 Å². The van der Waals surface area contributed by atoms with E-state index in [0.29, 0.717) is 5.75 Å². The number of benzene rings is 1. The Morgan fingerprint density at radius 2 is 1.74 bits per heavy atom. The molecule has 0 atom stereocenters. The highest BCUT2D eigenvalue weighted by Crippen LogP contribution is 2.38. The van der Waals surface area contributed by atoms with Gasteiger partial charge in [-0.15, -0.1) is 0 Å². The van der Waals surface area contributed by atoms with E-state index >= 15 is 0 Å². The molecule has 0 saturated carbocycles. The second-order valence-corrected chi connectivity index (χ2v) is 5.98. The van der Waals surface area contributed by atoms with Gasteiger partial charge in [-0.05, 0) is 13.8 Å². The maximum Gasteiger partial charge on any atom is 0.165 e. The molecule has 2 aromatic rings. The summed E-state index contributed by atoms with van der Waals surface area (Å²) in [7, 11) is 0. The maximum absolute atomic E-state index is 10.5. The standard InChI is InChI=1S/C16H22N2O/c1-6-18-13(12-9-7-11(2)8-10-12)14(19)15(17-18)16(3,4)5/h7-10,19H,6H2,1-5H3.